The van der Waals surface area contributed by atoms with E-state index in [1.807, 2.05) is 0 Å². The molecule has 0 bridgehead atoms. The second-order valence-corrected chi connectivity index (χ2v) is 4.46. The van der Waals surface area contributed by atoms with Crippen molar-refractivity contribution in [3.63, 3.8) is 0 Å². The lowest BCUT2D eigenvalue weighted by atomic mass is 10.2. The molecule has 1 aromatic carbocycles. The summed E-state index contributed by atoms with van der Waals surface area (Å²) in [5.41, 5.74) is 0.0407. The maximum absolute atomic E-state index is 12.3. The molecule has 0 aliphatic carbocycles. The monoisotopic (exact) mass is 261 g/mol. The fraction of sp³-hybridized carbons (Fsp3) is 0.429. The van der Waals surface area contributed by atoms with Crippen LogP contribution in [0.15, 0.2) is 33.9 Å². The first-order valence-corrected chi connectivity index (χ1v) is 6.61. The van der Waals surface area contributed by atoms with Gasteiger partial charge in [-0.15, -0.1) is 0 Å². The summed E-state index contributed by atoms with van der Waals surface area (Å²) < 4.78 is 1.28. The molecule has 0 amide bonds. The predicted molar refractivity (Wildman–Crippen MR) is 76.6 cm³/mol. The van der Waals surface area contributed by atoms with Crippen molar-refractivity contribution in [1.29, 1.82) is 0 Å². The number of aromatic nitrogens is 2. The van der Waals surface area contributed by atoms with Gasteiger partial charge in [-0.3, -0.25) is 9.36 Å². The van der Waals surface area contributed by atoms with Crippen molar-refractivity contribution in [1.82, 2.24) is 14.5 Å². The van der Waals surface area contributed by atoms with Crippen LogP contribution in [0.3, 0.4) is 0 Å². The molecule has 0 spiro atoms. The second kappa shape index (κ2) is 5.84. The Hall–Kier alpha value is -1.88. The third-order valence-electron chi connectivity index (χ3n) is 3.42. The van der Waals surface area contributed by atoms with Crippen LogP contribution in [0.4, 0.5) is 0 Å². The first kappa shape index (κ1) is 13.5. The lowest BCUT2D eigenvalue weighted by Gasteiger charge is -2.18. The van der Waals surface area contributed by atoms with Crippen LogP contribution < -0.4 is 11.2 Å². The van der Waals surface area contributed by atoms with Crippen LogP contribution in [-0.4, -0.2) is 34.1 Å². The van der Waals surface area contributed by atoms with Crippen molar-refractivity contribution in [2.24, 2.45) is 0 Å². The first-order valence-electron chi connectivity index (χ1n) is 6.61. The number of nitrogens with zero attached hydrogens (tertiary/aromatic N) is 2. The zero-order valence-corrected chi connectivity index (χ0v) is 11.3. The van der Waals surface area contributed by atoms with Gasteiger partial charge in [-0.25, -0.2) is 4.79 Å². The van der Waals surface area contributed by atoms with Crippen molar-refractivity contribution in [3.05, 3.63) is 45.1 Å². The summed E-state index contributed by atoms with van der Waals surface area (Å²) in [4.78, 5) is 29.1. The van der Waals surface area contributed by atoms with Crippen molar-refractivity contribution in [2.75, 3.05) is 19.6 Å². The van der Waals surface area contributed by atoms with E-state index >= 15 is 0 Å². The fourth-order valence-corrected chi connectivity index (χ4v) is 2.18. The van der Waals surface area contributed by atoms with E-state index in [1.54, 1.807) is 24.3 Å². The van der Waals surface area contributed by atoms with Crippen molar-refractivity contribution >= 4 is 10.9 Å². The van der Waals surface area contributed by atoms with Gasteiger partial charge in [0, 0.05) is 13.1 Å². The predicted octanol–water partition coefficient (Wildman–Crippen LogP) is 1.03. The van der Waals surface area contributed by atoms with E-state index in [4.69, 9.17) is 0 Å². The molecule has 2 rings (SSSR count). The molecular weight excluding hydrogens is 242 g/mol. The van der Waals surface area contributed by atoms with Crippen LogP contribution >= 0.6 is 0 Å². The number of nitrogens with one attached hydrogen (secondary N) is 1. The zero-order valence-electron chi connectivity index (χ0n) is 11.3. The Bertz CT molecular complexity index is 668. The Morgan fingerprint density at radius 3 is 2.53 bits per heavy atom. The number of H-pyrrole nitrogens is 1. The summed E-state index contributed by atoms with van der Waals surface area (Å²) in [7, 11) is 0. The maximum atomic E-state index is 12.3. The van der Waals surface area contributed by atoms with E-state index in [0.29, 0.717) is 24.0 Å². The molecule has 0 aliphatic rings. The highest BCUT2D eigenvalue weighted by Gasteiger charge is 2.08. The largest absolute Gasteiger partial charge is 0.328 e. The van der Waals surface area contributed by atoms with E-state index in [9.17, 15) is 9.59 Å². The standard InChI is InChI=1S/C14H19N3O2/c1-3-16(4-2)9-10-17-13(18)11-7-5-6-8-12(11)15-14(17)19/h5-8H,3-4,9-10H2,1-2H3,(H,15,19). The first-order chi connectivity index (χ1) is 9.17. The quantitative estimate of drug-likeness (QED) is 0.874. The molecular formula is C14H19N3O2. The SMILES string of the molecule is CCN(CC)CCn1c(=O)[nH]c2ccccc2c1=O. The highest BCUT2D eigenvalue weighted by molar-refractivity contribution is 5.76. The van der Waals surface area contributed by atoms with Crippen LogP contribution in [0, 0.1) is 0 Å². The minimum absolute atomic E-state index is 0.216. The molecule has 5 nitrogen and oxygen atoms in total. The molecule has 0 unspecified atom stereocenters. The van der Waals surface area contributed by atoms with Gasteiger partial charge in [-0.1, -0.05) is 26.0 Å². The number of rotatable bonds is 5. The molecule has 0 saturated heterocycles. The number of aromatic amines is 1. The third-order valence-corrected chi connectivity index (χ3v) is 3.42. The molecule has 102 valence electrons. The van der Waals surface area contributed by atoms with Crippen LogP contribution in [0.2, 0.25) is 0 Å². The Morgan fingerprint density at radius 1 is 1.16 bits per heavy atom. The molecule has 0 fully saturated rings. The van der Waals surface area contributed by atoms with E-state index in [-0.39, 0.29) is 11.2 Å². The topological polar surface area (TPSA) is 58.1 Å². The summed E-state index contributed by atoms with van der Waals surface area (Å²) in [6, 6.07) is 7.09. The number of para-hydroxylation sites is 1. The Balaban J connectivity index is 2.38. The van der Waals surface area contributed by atoms with E-state index in [0.717, 1.165) is 13.1 Å². The van der Waals surface area contributed by atoms with Gasteiger partial charge in [0.05, 0.1) is 10.9 Å². The summed E-state index contributed by atoms with van der Waals surface area (Å²) >= 11 is 0. The highest BCUT2D eigenvalue weighted by atomic mass is 16.2. The summed E-state index contributed by atoms with van der Waals surface area (Å²) in [6.45, 7) is 7.08. The smallest absolute Gasteiger partial charge is 0.307 e. The fourth-order valence-electron chi connectivity index (χ4n) is 2.18. The van der Waals surface area contributed by atoms with E-state index < -0.39 is 0 Å². The molecule has 0 radical (unpaired) electrons. The van der Waals surface area contributed by atoms with Crippen LogP contribution in [0.1, 0.15) is 13.8 Å². The zero-order chi connectivity index (χ0) is 13.8. The number of likely N-dealkylation sites (N-methyl/N-ethyl adjacent to an activating group) is 1. The summed E-state index contributed by atoms with van der Waals surface area (Å²) in [5, 5.41) is 0.557. The minimum atomic E-state index is -0.337. The Morgan fingerprint density at radius 2 is 1.84 bits per heavy atom. The molecule has 0 aliphatic heterocycles. The lowest BCUT2D eigenvalue weighted by Crippen LogP contribution is -2.39. The van der Waals surface area contributed by atoms with E-state index in [2.05, 4.69) is 23.7 Å². The number of fused-ring (bicyclic) bond motifs is 1. The number of benzene rings is 1. The average molecular weight is 261 g/mol. The molecule has 19 heavy (non-hydrogen) atoms. The molecule has 1 aromatic heterocycles. The maximum Gasteiger partial charge on any atom is 0.328 e. The Labute approximate surface area is 111 Å². The van der Waals surface area contributed by atoms with Crippen LogP contribution in [-0.2, 0) is 6.54 Å². The highest BCUT2D eigenvalue weighted by Crippen LogP contribution is 2.02. The molecule has 5 heteroatoms. The van der Waals surface area contributed by atoms with Gasteiger partial charge in [0.25, 0.3) is 5.56 Å². The van der Waals surface area contributed by atoms with Crippen molar-refractivity contribution in [2.45, 2.75) is 20.4 Å². The van der Waals surface area contributed by atoms with Gasteiger partial charge >= 0.3 is 5.69 Å². The van der Waals surface area contributed by atoms with Gasteiger partial charge < -0.3 is 9.88 Å². The molecule has 1 heterocycles. The molecule has 2 aromatic rings. The van der Waals surface area contributed by atoms with Crippen molar-refractivity contribution in [3.8, 4) is 0 Å². The summed E-state index contributed by atoms with van der Waals surface area (Å²) in [6.07, 6.45) is 0. The second-order valence-electron chi connectivity index (χ2n) is 4.46. The summed E-state index contributed by atoms with van der Waals surface area (Å²) in [5.74, 6) is 0. The van der Waals surface area contributed by atoms with Crippen LogP contribution in [0.5, 0.6) is 0 Å². The van der Waals surface area contributed by atoms with Gasteiger partial charge in [0.1, 0.15) is 0 Å². The van der Waals surface area contributed by atoms with E-state index in [1.165, 1.54) is 4.57 Å². The molecule has 0 saturated carbocycles. The van der Waals surface area contributed by atoms with Gasteiger partial charge in [0.15, 0.2) is 0 Å². The normalized spacial score (nSPS) is 11.3. The average Bonchev–Trinajstić information content (AvgIpc) is 2.43. The van der Waals surface area contributed by atoms with Gasteiger partial charge in [0.2, 0.25) is 0 Å². The molecule has 0 atom stereocenters. The minimum Gasteiger partial charge on any atom is -0.307 e. The van der Waals surface area contributed by atoms with Gasteiger partial charge in [-0.2, -0.15) is 0 Å². The van der Waals surface area contributed by atoms with Crippen molar-refractivity contribution < 1.29 is 0 Å². The number of hydrogen-bond donors (Lipinski definition) is 1. The third kappa shape index (κ3) is 2.76. The van der Waals surface area contributed by atoms with Crippen LogP contribution in [0.25, 0.3) is 10.9 Å². The lowest BCUT2D eigenvalue weighted by molar-refractivity contribution is 0.287. The van der Waals surface area contributed by atoms with Gasteiger partial charge in [-0.05, 0) is 25.2 Å². The molecule has 1 N–H and O–H groups in total. The Kier molecular flexibility index (Phi) is 4.16. The number of hydrogen-bond acceptors (Lipinski definition) is 3.